The number of likely N-dealkylation sites (tertiary alicyclic amines) is 1. The quantitative estimate of drug-likeness (QED) is 0.928. The number of carbonyl (C=O) groups excluding carboxylic acids is 1. The van der Waals surface area contributed by atoms with Gasteiger partial charge in [0.05, 0.1) is 6.04 Å². The van der Waals surface area contributed by atoms with Crippen LogP contribution in [0.15, 0.2) is 0 Å². The van der Waals surface area contributed by atoms with E-state index in [2.05, 4.69) is 48.1 Å². The highest BCUT2D eigenvalue weighted by Gasteiger charge is 2.30. The van der Waals surface area contributed by atoms with Crippen molar-refractivity contribution < 1.29 is 4.79 Å². The standard InChI is InChI=1S/C14H24N4OS/c1-5-8-18-9-6-7-10(18)11(19)15-13-17-16-12(20-13)14(2,3)4/h10H,5-9H2,1-4H3,(H,15,17,19). The molecule has 1 saturated heterocycles. The fourth-order valence-electron chi connectivity index (χ4n) is 2.44. The van der Waals surface area contributed by atoms with Gasteiger partial charge in [-0.2, -0.15) is 0 Å². The molecule has 0 saturated carbocycles. The van der Waals surface area contributed by atoms with Crippen LogP contribution in [0.3, 0.4) is 0 Å². The molecule has 0 radical (unpaired) electrons. The van der Waals surface area contributed by atoms with E-state index in [4.69, 9.17) is 0 Å². The molecule has 5 nitrogen and oxygen atoms in total. The molecule has 1 amide bonds. The van der Waals surface area contributed by atoms with Crippen molar-refractivity contribution in [3.05, 3.63) is 5.01 Å². The Balaban J connectivity index is 1.99. The zero-order valence-corrected chi connectivity index (χ0v) is 13.6. The Kier molecular flexibility index (Phi) is 4.75. The fraction of sp³-hybridized carbons (Fsp3) is 0.786. The summed E-state index contributed by atoms with van der Waals surface area (Å²) in [6, 6.07) is -0.00284. The lowest BCUT2D eigenvalue weighted by Crippen LogP contribution is -2.39. The molecule has 1 aromatic heterocycles. The Morgan fingerprint density at radius 3 is 2.80 bits per heavy atom. The molecular weight excluding hydrogens is 272 g/mol. The van der Waals surface area contributed by atoms with Crippen LogP contribution in [0.1, 0.15) is 52.0 Å². The number of carbonyl (C=O) groups is 1. The van der Waals surface area contributed by atoms with Gasteiger partial charge in [-0.3, -0.25) is 15.0 Å². The lowest BCUT2D eigenvalue weighted by Gasteiger charge is -2.22. The van der Waals surface area contributed by atoms with Gasteiger partial charge in [0.15, 0.2) is 0 Å². The third-order valence-corrected chi connectivity index (χ3v) is 4.74. The normalized spacial score (nSPS) is 20.3. The summed E-state index contributed by atoms with van der Waals surface area (Å²) in [5.41, 5.74) is -0.0255. The molecule has 0 aromatic carbocycles. The summed E-state index contributed by atoms with van der Waals surface area (Å²) in [5, 5.41) is 12.7. The summed E-state index contributed by atoms with van der Waals surface area (Å²) in [4.78, 5) is 14.6. The Morgan fingerprint density at radius 1 is 1.45 bits per heavy atom. The first-order chi connectivity index (χ1) is 9.41. The molecule has 0 spiro atoms. The first kappa shape index (κ1) is 15.4. The number of amides is 1. The van der Waals surface area contributed by atoms with Gasteiger partial charge in [0.25, 0.3) is 0 Å². The number of nitrogens with one attached hydrogen (secondary N) is 1. The van der Waals surface area contributed by atoms with Crippen molar-refractivity contribution in [3.63, 3.8) is 0 Å². The van der Waals surface area contributed by atoms with Crippen LogP contribution in [-0.2, 0) is 10.2 Å². The van der Waals surface area contributed by atoms with Gasteiger partial charge < -0.3 is 0 Å². The summed E-state index contributed by atoms with van der Waals surface area (Å²) in [5.74, 6) is 0.0626. The number of hydrogen-bond acceptors (Lipinski definition) is 5. The van der Waals surface area contributed by atoms with Gasteiger partial charge in [-0.25, -0.2) is 0 Å². The average molecular weight is 296 g/mol. The maximum atomic E-state index is 12.3. The fourth-order valence-corrected chi connectivity index (χ4v) is 3.25. The Morgan fingerprint density at radius 2 is 2.20 bits per heavy atom. The van der Waals surface area contributed by atoms with Crippen LogP contribution in [-0.4, -0.2) is 40.1 Å². The molecule has 1 fully saturated rings. The molecule has 1 atom stereocenters. The summed E-state index contributed by atoms with van der Waals surface area (Å²) >= 11 is 1.47. The second-order valence-corrected chi connectivity index (χ2v) is 7.32. The van der Waals surface area contributed by atoms with E-state index in [1.807, 2.05) is 0 Å². The van der Waals surface area contributed by atoms with Crippen molar-refractivity contribution in [3.8, 4) is 0 Å². The Bertz CT molecular complexity index is 466. The van der Waals surface area contributed by atoms with Crippen LogP contribution in [0.2, 0.25) is 0 Å². The van der Waals surface area contributed by atoms with Gasteiger partial charge in [-0.15, -0.1) is 10.2 Å². The first-order valence-electron chi connectivity index (χ1n) is 7.30. The highest BCUT2D eigenvalue weighted by atomic mass is 32.1. The number of rotatable bonds is 4. The molecule has 1 unspecified atom stereocenters. The van der Waals surface area contributed by atoms with Crippen molar-refractivity contribution in [1.82, 2.24) is 15.1 Å². The van der Waals surface area contributed by atoms with E-state index >= 15 is 0 Å². The van der Waals surface area contributed by atoms with E-state index < -0.39 is 0 Å². The maximum absolute atomic E-state index is 12.3. The van der Waals surface area contributed by atoms with Gasteiger partial charge in [0, 0.05) is 5.41 Å². The zero-order valence-electron chi connectivity index (χ0n) is 12.8. The van der Waals surface area contributed by atoms with Crippen molar-refractivity contribution in [2.24, 2.45) is 0 Å². The van der Waals surface area contributed by atoms with Gasteiger partial charge in [0.2, 0.25) is 11.0 Å². The maximum Gasteiger partial charge on any atom is 0.243 e. The van der Waals surface area contributed by atoms with Crippen LogP contribution in [0, 0.1) is 0 Å². The Hall–Kier alpha value is -1.01. The number of aromatic nitrogens is 2. The molecule has 112 valence electrons. The minimum atomic E-state index is -0.0255. The van der Waals surface area contributed by atoms with E-state index in [1.54, 1.807) is 0 Å². The molecule has 1 aliphatic heterocycles. The highest BCUT2D eigenvalue weighted by Crippen LogP contribution is 2.28. The summed E-state index contributed by atoms with van der Waals surface area (Å²) < 4.78 is 0. The van der Waals surface area contributed by atoms with Gasteiger partial charge in [-0.05, 0) is 32.4 Å². The number of anilines is 1. The van der Waals surface area contributed by atoms with Crippen molar-refractivity contribution in [2.75, 3.05) is 18.4 Å². The molecular formula is C14H24N4OS. The third-order valence-electron chi connectivity index (χ3n) is 3.47. The second kappa shape index (κ2) is 6.18. The molecule has 6 heteroatoms. The van der Waals surface area contributed by atoms with E-state index in [9.17, 15) is 4.79 Å². The van der Waals surface area contributed by atoms with Crippen molar-refractivity contribution >= 4 is 22.4 Å². The minimum Gasteiger partial charge on any atom is -0.299 e. The lowest BCUT2D eigenvalue weighted by molar-refractivity contribution is -0.120. The monoisotopic (exact) mass is 296 g/mol. The summed E-state index contributed by atoms with van der Waals surface area (Å²) in [6.45, 7) is 10.4. The summed E-state index contributed by atoms with van der Waals surface area (Å²) in [7, 11) is 0. The largest absolute Gasteiger partial charge is 0.299 e. The minimum absolute atomic E-state index is 0.00284. The molecule has 1 aromatic rings. The van der Waals surface area contributed by atoms with Gasteiger partial charge >= 0.3 is 0 Å². The van der Waals surface area contributed by atoms with Crippen LogP contribution in [0.25, 0.3) is 0 Å². The number of nitrogens with zero attached hydrogens (tertiary/aromatic N) is 3. The van der Waals surface area contributed by atoms with Crippen LogP contribution >= 0.6 is 11.3 Å². The predicted molar refractivity (Wildman–Crippen MR) is 82.1 cm³/mol. The van der Waals surface area contributed by atoms with E-state index in [-0.39, 0.29) is 17.4 Å². The lowest BCUT2D eigenvalue weighted by atomic mass is 9.98. The van der Waals surface area contributed by atoms with Crippen molar-refractivity contribution in [1.29, 1.82) is 0 Å². The van der Waals surface area contributed by atoms with Gasteiger partial charge in [0.1, 0.15) is 5.01 Å². The first-order valence-corrected chi connectivity index (χ1v) is 8.12. The third kappa shape index (κ3) is 3.55. The molecule has 0 bridgehead atoms. The van der Waals surface area contributed by atoms with Crippen LogP contribution < -0.4 is 5.32 Å². The Labute approximate surface area is 124 Å². The van der Waals surface area contributed by atoms with Crippen molar-refractivity contribution in [2.45, 2.75) is 58.4 Å². The molecule has 1 aliphatic rings. The second-order valence-electron chi connectivity index (χ2n) is 6.35. The molecule has 1 N–H and O–H groups in total. The number of hydrogen-bond donors (Lipinski definition) is 1. The van der Waals surface area contributed by atoms with E-state index in [0.717, 1.165) is 37.4 Å². The highest BCUT2D eigenvalue weighted by molar-refractivity contribution is 7.15. The average Bonchev–Trinajstić information content (AvgIpc) is 2.97. The van der Waals surface area contributed by atoms with Crippen LogP contribution in [0.5, 0.6) is 0 Å². The summed E-state index contributed by atoms with van der Waals surface area (Å²) in [6.07, 6.45) is 3.12. The molecule has 20 heavy (non-hydrogen) atoms. The SMILES string of the molecule is CCCN1CCCC1C(=O)Nc1nnc(C(C)(C)C)s1. The van der Waals surface area contributed by atoms with E-state index in [1.165, 1.54) is 11.3 Å². The smallest absolute Gasteiger partial charge is 0.243 e. The molecule has 2 rings (SSSR count). The topological polar surface area (TPSA) is 58.1 Å². The molecule has 0 aliphatic carbocycles. The molecule has 2 heterocycles. The predicted octanol–water partition coefficient (Wildman–Crippen LogP) is 2.65. The zero-order chi connectivity index (χ0) is 14.8. The van der Waals surface area contributed by atoms with Crippen LogP contribution in [0.4, 0.5) is 5.13 Å². The van der Waals surface area contributed by atoms with Gasteiger partial charge in [-0.1, -0.05) is 39.0 Å². The van der Waals surface area contributed by atoms with E-state index in [0.29, 0.717) is 5.13 Å².